The molecule has 1 amide bonds. The first kappa shape index (κ1) is 18.3. The van der Waals surface area contributed by atoms with Gasteiger partial charge in [-0.1, -0.05) is 47.6 Å². The monoisotopic (exact) mass is 389 g/mol. The molecule has 0 radical (unpaired) electrons. The quantitative estimate of drug-likeness (QED) is 0.619. The van der Waals surface area contributed by atoms with Gasteiger partial charge in [0.2, 0.25) is 5.91 Å². The molecule has 1 aromatic heterocycles. The molecule has 26 heavy (non-hydrogen) atoms. The Kier molecular flexibility index (Phi) is 6.14. The number of methoxy groups -OCH3 is 1. The van der Waals surface area contributed by atoms with Gasteiger partial charge in [-0.3, -0.25) is 4.79 Å². The van der Waals surface area contributed by atoms with Gasteiger partial charge < -0.3 is 14.5 Å². The number of carbonyl (C=O) groups is 1. The number of nitrogens with one attached hydrogen (secondary N) is 1. The van der Waals surface area contributed by atoms with Crippen molar-refractivity contribution in [2.24, 2.45) is 0 Å². The lowest BCUT2D eigenvalue weighted by Crippen LogP contribution is -2.24. The minimum absolute atomic E-state index is 0.123. The molecule has 0 bridgehead atoms. The minimum Gasteiger partial charge on any atom is -0.496 e. The van der Waals surface area contributed by atoms with E-state index in [9.17, 15) is 4.79 Å². The standard InChI is InChI=1S/C18H16ClN3O3S/c1-24-15-5-3-2-4-14(15)17-21-22-18(25-17)26-11-16(23)20-10-12-6-8-13(19)9-7-12/h2-9H,10-11H2,1H3,(H,20,23). The van der Waals surface area contributed by atoms with Crippen molar-refractivity contribution in [2.75, 3.05) is 12.9 Å². The van der Waals surface area contributed by atoms with E-state index in [1.54, 1.807) is 19.2 Å². The summed E-state index contributed by atoms with van der Waals surface area (Å²) >= 11 is 7.02. The zero-order valence-electron chi connectivity index (χ0n) is 13.9. The lowest BCUT2D eigenvalue weighted by atomic mass is 10.2. The lowest BCUT2D eigenvalue weighted by molar-refractivity contribution is -0.118. The third-order valence-electron chi connectivity index (χ3n) is 3.47. The Morgan fingerprint density at radius 2 is 1.96 bits per heavy atom. The SMILES string of the molecule is COc1ccccc1-c1nnc(SCC(=O)NCc2ccc(Cl)cc2)o1. The number of amides is 1. The molecule has 0 atom stereocenters. The number of hydrogen-bond donors (Lipinski definition) is 1. The molecule has 134 valence electrons. The highest BCUT2D eigenvalue weighted by Crippen LogP contribution is 2.30. The van der Waals surface area contributed by atoms with E-state index in [1.165, 1.54) is 11.8 Å². The minimum atomic E-state index is -0.123. The van der Waals surface area contributed by atoms with Crippen LogP contribution in [0.2, 0.25) is 5.02 Å². The number of rotatable bonds is 7. The van der Waals surface area contributed by atoms with Crippen LogP contribution in [0.4, 0.5) is 0 Å². The van der Waals surface area contributed by atoms with Crippen molar-refractivity contribution < 1.29 is 13.9 Å². The second-order valence-electron chi connectivity index (χ2n) is 5.27. The third kappa shape index (κ3) is 4.77. The van der Waals surface area contributed by atoms with Crippen LogP contribution in [0, 0.1) is 0 Å². The first-order chi connectivity index (χ1) is 12.7. The summed E-state index contributed by atoms with van der Waals surface area (Å²) in [6.07, 6.45) is 0. The molecule has 0 spiro atoms. The Labute approximate surface area is 159 Å². The molecule has 0 aliphatic heterocycles. The van der Waals surface area contributed by atoms with Crippen molar-refractivity contribution in [2.45, 2.75) is 11.8 Å². The van der Waals surface area contributed by atoms with E-state index in [2.05, 4.69) is 15.5 Å². The van der Waals surface area contributed by atoms with E-state index in [-0.39, 0.29) is 11.7 Å². The van der Waals surface area contributed by atoms with Gasteiger partial charge in [-0.15, -0.1) is 10.2 Å². The first-order valence-electron chi connectivity index (χ1n) is 7.76. The summed E-state index contributed by atoms with van der Waals surface area (Å²) in [6.45, 7) is 0.437. The molecule has 6 nitrogen and oxygen atoms in total. The van der Waals surface area contributed by atoms with Gasteiger partial charge in [0.05, 0.1) is 18.4 Å². The highest BCUT2D eigenvalue weighted by atomic mass is 35.5. The van der Waals surface area contributed by atoms with Gasteiger partial charge in [-0.25, -0.2) is 0 Å². The number of thioether (sulfide) groups is 1. The number of aromatic nitrogens is 2. The Hall–Kier alpha value is -2.51. The maximum absolute atomic E-state index is 12.0. The maximum atomic E-state index is 12.0. The zero-order chi connectivity index (χ0) is 18.4. The largest absolute Gasteiger partial charge is 0.496 e. The predicted molar refractivity (Wildman–Crippen MR) is 100 cm³/mol. The first-order valence-corrected chi connectivity index (χ1v) is 9.13. The zero-order valence-corrected chi connectivity index (χ0v) is 15.5. The average Bonchev–Trinajstić information content (AvgIpc) is 3.14. The fourth-order valence-electron chi connectivity index (χ4n) is 2.18. The number of nitrogens with zero attached hydrogens (tertiary/aromatic N) is 2. The van der Waals surface area contributed by atoms with Crippen molar-refractivity contribution in [1.82, 2.24) is 15.5 Å². The van der Waals surface area contributed by atoms with Crippen LogP contribution in [0.15, 0.2) is 58.2 Å². The van der Waals surface area contributed by atoms with Gasteiger partial charge in [-0.2, -0.15) is 0 Å². The summed E-state index contributed by atoms with van der Waals surface area (Å²) in [5, 5.41) is 11.8. The molecule has 0 aliphatic carbocycles. The maximum Gasteiger partial charge on any atom is 0.277 e. The van der Waals surface area contributed by atoms with E-state index < -0.39 is 0 Å². The smallest absolute Gasteiger partial charge is 0.277 e. The molecule has 8 heteroatoms. The van der Waals surface area contributed by atoms with Crippen molar-refractivity contribution in [3.63, 3.8) is 0 Å². The highest BCUT2D eigenvalue weighted by molar-refractivity contribution is 7.99. The van der Waals surface area contributed by atoms with E-state index in [1.807, 2.05) is 36.4 Å². The van der Waals surface area contributed by atoms with Crippen molar-refractivity contribution in [3.05, 3.63) is 59.1 Å². The van der Waals surface area contributed by atoms with Crippen molar-refractivity contribution >= 4 is 29.3 Å². The Morgan fingerprint density at radius 3 is 2.73 bits per heavy atom. The van der Waals surface area contributed by atoms with Gasteiger partial charge in [0, 0.05) is 11.6 Å². The summed E-state index contributed by atoms with van der Waals surface area (Å²) in [7, 11) is 1.58. The molecule has 1 heterocycles. The van der Waals surface area contributed by atoms with Gasteiger partial charge in [0.15, 0.2) is 0 Å². The van der Waals surface area contributed by atoms with Crippen LogP contribution in [-0.2, 0) is 11.3 Å². The topological polar surface area (TPSA) is 77.2 Å². The number of halogens is 1. The number of carbonyl (C=O) groups excluding carboxylic acids is 1. The molecule has 1 N–H and O–H groups in total. The third-order valence-corrected chi connectivity index (χ3v) is 4.54. The molecule has 0 fully saturated rings. The summed E-state index contributed by atoms with van der Waals surface area (Å²) in [5.74, 6) is 1.06. The summed E-state index contributed by atoms with van der Waals surface area (Å²) in [4.78, 5) is 12.0. The molecule has 3 rings (SSSR count). The summed E-state index contributed by atoms with van der Waals surface area (Å²) in [5.41, 5.74) is 1.69. The summed E-state index contributed by atoms with van der Waals surface area (Å²) < 4.78 is 10.9. The fourth-order valence-corrected chi connectivity index (χ4v) is 2.90. The number of ether oxygens (including phenoxy) is 1. The van der Waals surface area contributed by atoms with Crippen LogP contribution in [0.3, 0.4) is 0 Å². The summed E-state index contributed by atoms with van der Waals surface area (Å²) in [6, 6.07) is 14.7. The van der Waals surface area contributed by atoms with Crippen LogP contribution < -0.4 is 10.1 Å². The van der Waals surface area contributed by atoms with Crippen LogP contribution in [0.5, 0.6) is 5.75 Å². The molecule has 3 aromatic rings. The van der Waals surface area contributed by atoms with Crippen molar-refractivity contribution in [1.29, 1.82) is 0 Å². The number of para-hydroxylation sites is 1. The molecule has 0 unspecified atom stereocenters. The Bertz CT molecular complexity index is 883. The van der Waals surface area contributed by atoms with Crippen LogP contribution >= 0.6 is 23.4 Å². The van der Waals surface area contributed by atoms with Gasteiger partial charge in [-0.05, 0) is 29.8 Å². The molecular formula is C18H16ClN3O3S. The van der Waals surface area contributed by atoms with E-state index >= 15 is 0 Å². The van der Waals surface area contributed by atoms with Gasteiger partial charge >= 0.3 is 0 Å². The number of hydrogen-bond acceptors (Lipinski definition) is 6. The Balaban J connectivity index is 1.53. The number of benzene rings is 2. The second-order valence-corrected chi connectivity index (χ2v) is 6.63. The van der Waals surface area contributed by atoms with Crippen LogP contribution in [0.25, 0.3) is 11.5 Å². The van der Waals surface area contributed by atoms with Crippen molar-refractivity contribution in [3.8, 4) is 17.2 Å². The van der Waals surface area contributed by atoms with Crippen LogP contribution in [0.1, 0.15) is 5.56 Å². The fraction of sp³-hybridized carbons (Fsp3) is 0.167. The highest BCUT2D eigenvalue weighted by Gasteiger charge is 2.14. The normalized spacial score (nSPS) is 10.5. The molecular weight excluding hydrogens is 374 g/mol. The van der Waals surface area contributed by atoms with E-state index in [4.69, 9.17) is 20.8 Å². The van der Waals surface area contributed by atoms with Gasteiger partial charge in [0.25, 0.3) is 11.1 Å². The lowest BCUT2D eigenvalue weighted by Gasteiger charge is -2.04. The van der Waals surface area contributed by atoms with E-state index in [0.717, 1.165) is 5.56 Å². The predicted octanol–water partition coefficient (Wildman–Crippen LogP) is 3.81. The van der Waals surface area contributed by atoms with E-state index in [0.29, 0.717) is 34.0 Å². The van der Waals surface area contributed by atoms with Gasteiger partial charge in [0.1, 0.15) is 5.75 Å². The van der Waals surface area contributed by atoms with Crippen LogP contribution in [-0.4, -0.2) is 29.0 Å². The average molecular weight is 390 g/mol. The molecule has 0 saturated heterocycles. The Morgan fingerprint density at radius 1 is 1.19 bits per heavy atom. The molecule has 0 aliphatic rings. The second kappa shape index (κ2) is 8.73. The molecule has 2 aromatic carbocycles. The molecule has 0 saturated carbocycles.